The molecule has 0 fully saturated rings. The molecule has 4 heteroatoms. The second-order valence-corrected chi connectivity index (χ2v) is 4.48. The maximum Gasteiger partial charge on any atom is 0.192 e. The van der Waals surface area contributed by atoms with Crippen molar-refractivity contribution in [2.45, 2.75) is 13.5 Å². The van der Waals surface area contributed by atoms with Crippen LogP contribution in [-0.2, 0) is 6.54 Å². The van der Waals surface area contributed by atoms with Gasteiger partial charge in [-0.1, -0.05) is 18.2 Å². The van der Waals surface area contributed by atoms with Gasteiger partial charge in [0.2, 0.25) is 0 Å². The molecule has 1 aromatic heterocycles. The van der Waals surface area contributed by atoms with Gasteiger partial charge >= 0.3 is 0 Å². The van der Waals surface area contributed by atoms with Crippen LogP contribution in [0.25, 0.3) is 11.1 Å². The molecule has 0 saturated heterocycles. The molecule has 4 nitrogen and oxygen atoms in total. The van der Waals surface area contributed by atoms with Crippen LogP contribution in [0.3, 0.4) is 0 Å². The number of para-hydroxylation sites is 2. The minimum atomic E-state index is 0.687. The fourth-order valence-corrected chi connectivity index (χ4v) is 2.05. The van der Waals surface area contributed by atoms with Gasteiger partial charge < -0.3 is 15.5 Å². The Balaban J connectivity index is 1.80. The first-order chi connectivity index (χ1) is 9.22. The molecule has 3 aromatic rings. The van der Waals surface area contributed by atoms with Crippen LogP contribution >= 0.6 is 0 Å². The van der Waals surface area contributed by atoms with Gasteiger partial charge in [0.1, 0.15) is 5.52 Å². The summed E-state index contributed by atoms with van der Waals surface area (Å²) in [7, 11) is 0. The Bertz CT molecular complexity index is 718. The summed E-state index contributed by atoms with van der Waals surface area (Å²) in [5, 5.41) is 3.31. The van der Waals surface area contributed by atoms with Crippen LogP contribution < -0.4 is 11.1 Å². The minimum absolute atomic E-state index is 0.687. The quantitative estimate of drug-likeness (QED) is 0.703. The zero-order valence-electron chi connectivity index (χ0n) is 10.7. The molecule has 0 aliphatic carbocycles. The molecule has 0 spiro atoms. The molecular formula is C15H15N3O. The highest BCUT2D eigenvalue weighted by molar-refractivity contribution is 5.73. The van der Waals surface area contributed by atoms with E-state index in [1.807, 2.05) is 49.4 Å². The van der Waals surface area contributed by atoms with Crippen LogP contribution in [0, 0.1) is 6.92 Å². The number of nitrogens with one attached hydrogen (secondary N) is 1. The number of aromatic nitrogens is 1. The van der Waals surface area contributed by atoms with Crippen molar-refractivity contribution in [2.75, 3.05) is 11.1 Å². The average Bonchev–Trinajstić information content (AvgIpc) is 2.77. The molecule has 0 bridgehead atoms. The fraction of sp³-hybridized carbons (Fsp3) is 0.133. The third-order valence-electron chi connectivity index (χ3n) is 3.00. The first-order valence-electron chi connectivity index (χ1n) is 6.17. The maximum atomic E-state index is 5.89. The van der Waals surface area contributed by atoms with Gasteiger partial charge in [-0.2, -0.15) is 0 Å². The zero-order valence-corrected chi connectivity index (χ0v) is 10.7. The number of nitrogens with zero attached hydrogens (tertiary/aromatic N) is 1. The molecule has 96 valence electrons. The van der Waals surface area contributed by atoms with E-state index in [2.05, 4.69) is 10.3 Å². The van der Waals surface area contributed by atoms with E-state index in [1.165, 1.54) is 0 Å². The molecule has 0 aliphatic heterocycles. The molecule has 0 atom stereocenters. The summed E-state index contributed by atoms with van der Waals surface area (Å²) in [6, 6.07) is 13.7. The SMILES string of the molecule is Cc1nc2ccc(CNc3ccccc3N)cc2o1. The van der Waals surface area contributed by atoms with Crippen LogP contribution in [0.4, 0.5) is 11.4 Å². The number of rotatable bonds is 3. The van der Waals surface area contributed by atoms with Crippen molar-refractivity contribution >= 4 is 22.5 Å². The predicted molar refractivity (Wildman–Crippen MR) is 76.9 cm³/mol. The standard InChI is InChI=1S/C15H15N3O/c1-10-18-14-7-6-11(8-15(14)19-10)9-17-13-5-3-2-4-12(13)16/h2-8,17H,9,16H2,1H3. The summed E-state index contributed by atoms with van der Waals surface area (Å²) in [6.45, 7) is 2.55. The molecule has 1 heterocycles. The highest BCUT2D eigenvalue weighted by atomic mass is 16.3. The van der Waals surface area contributed by atoms with E-state index in [9.17, 15) is 0 Å². The minimum Gasteiger partial charge on any atom is -0.441 e. The lowest BCUT2D eigenvalue weighted by atomic mass is 10.2. The lowest BCUT2D eigenvalue weighted by Crippen LogP contribution is -2.01. The molecule has 0 aliphatic rings. The summed E-state index contributed by atoms with van der Waals surface area (Å²) in [5.41, 5.74) is 10.4. The number of hydrogen-bond donors (Lipinski definition) is 2. The van der Waals surface area contributed by atoms with Gasteiger partial charge in [0, 0.05) is 13.5 Å². The van der Waals surface area contributed by atoms with Crippen molar-refractivity contribution in [1.82, 2.24) is 4.98 Å². The molecule has 0 unspecified atom stereocenters. The average molecular weight is 253 g/mol. The third-order valence-corrected chi connectivity index (χ3v) is 3.00. The molecule has 2 aromatic carbocycles. The Hall–Kier alpha value is -2.49. The molecule has 3 N–H and O–H groups in total. The Morgan fingerprint density at radius 1 is 1.21 bits per heavy atom. The van der Waals surface area contributed by atoms with Gasteiger partial charge in [0.05, 0.1) is 11.4 Å². The van der Waals surface area contributed by atoms with Crippen molar-refractivity contribution in [3.8, 4) is 0 Å². The topological polar surface area (TPSA) is 64.1 Å². The van der Waals surface area contributed by atoms with Crippen LogP contribution in [-0.4, -0.2) is 4.98 Å². The number of nitrogens with two attached hydrogens (primary N) is 1. The Kier molecular flexibility index (Phi) is 2.83. The zero-order chi connectivity index (χ0) is 13.2. The lowest BCUT2D eigenvalue weighted by molar-refractivity contribution is 0.561. The Labute approximate surface area is 111 Å². The fourth-order valence-electron chi connectivity index (χ4n) is 2.05. The van der Waals surface area contributed by atoms with Gasteiger partial charge in [-0.25, -0.2) is 4.98 Å². The summed E-state index contributed by atoms with van der Waals surface area (Å²) >= 11 is 0. The number of oxazole rings is 1. The Morgan fingerprint density at radius 3 is 2.89 bits per heavy atom. The van der Waals surface area contributed by atoms with Crippen molar-refractivity contribution < 1.29 is 4.42 Å². The second kappa shape index (κ2) is 4.65. The van der Waals surface area contributed by atoms with Crippen LogP contribution in [0.1, 0.15) is 11.5 Å². The summed E-state index contributed by atoms with van der Waals surface area (Å²) in [6.07, 6.45) is 0. The predicted octanol–water partition coefficient (Wildman–Crippen LogP) is 3.33. The van der Waals surface area contributed by atoms with E-state index in [1.54, 1.807) is 0 Å². The molecule has 19 heavy (non-hydrogen) atoms. The summed E-state index contributed by atoms with van der Waals surface area (Å²) in [4.78, 5) is 4.28. The number of anilines is 2. The third kappa shape index (κ3) is 2.38. The van der Waals surface area contributed by atoms with E-state index in [-0.39, 0.29) is 0 Å². The van der Waals surface area contributed by atoms with Gasteiger partial charge in [-0.15, -0.1) is 0 Å². The van der Waals surface area contributed by atoms with Crippen LogP contribution in [0.15, 0.2) is 46.9 Å². The van der Waals surface area contributed by atoms with Gasteiger partial charge in [0.15, 0.2) is 11.5 Å². The maximum absolute atomic E-state index is 5.89. The van der Waals surface area contributed by atoms with Crippen molar-refractivity contribution in [3.05, 3.63) is 53.9 Å². The summed E-state index contributed by atoms with van der Waals surface area (Å²) < 4.78 is 5.52. The first kappa shape index (κ1) is 11.6. The molecular weight excluding hydrogens is 238 g/mol. The number of aryl methyl sites for hydroxylation is 1. The second-order valence-electron chi connectivity index (χ2n) is 4.48. The Morgan fingerprint density at radius 2 is 2.05 bits per heavy atom. The van der Waals surface area contributed by atoms with Gasteiger partial charge in [-0.05, 0) is 29.8 Å². The normalized spacial score (nSPS) is 10.8. The van der Waals surface area contributed by atoms with Crippen molar-refractivity contribution in [1.29, 1.82) is 0 Å². The smallest absolute Gasteiger partial charge is 0.192 e. The number of nitrogen functional groups attached to an aromatic ring is 1. The monoisotopic (exact) mass is 253 g/mol. The molecule has 3 rings (SSSR count). The highest BCUT2D eigenvalue weighted by Crippen LogP contribution is 2.20. The highest BCUT2D eigenvalue weighted by Gasteiger charge is 2.03. The van der Waals surface area contributed by atoms with Crippen LogP contribution in [0.2, 0.25) is 0 Å². The number of benzene rings is 2. The van der Waals surface area contributed by atoms with Crippen molar-refractivity contribution in [3.63, 3.8) is 0 Å². The largest absolute Gasteiger partial charge is 0.441 e. The van der Waals surface area contributed by atoms with Gasteiger partial charge in [-0.3, -0.25) is 0 Å². The molecule has 0 saturated carbocycles. The lowest BCUT2D eigenvalue weighted by Gasteiger charge is -2.08. The van der Waals surface area contributed by atoms with E-state index in [4.69, 9.17) is 10.2 Å². The van der Waals surface area contributed by atoms with Crippen molar-refractivity contribution in [2.24, 2.45) is 0 Å². The first-order valence-corrected chi connectivity index (χ1v) is 6.17. The summed E-state index contributed by atoms with van der Waals surface area (Å²) in [5.74, 6) is 0.687. The number of hydrogen-bond acceptors (Lipinski definition) is 4. The number of fused-ring (bicyclic) bond motifs is 1. The van der Waals surface area contributed by atoms with Gasteiger partial charge in [0.25, 0.3) is 0 Å². The van der Waals surface area contributed by atoms with E-state index < -0.39 is 0 Å². The van der Waals surface area contributed by atoms with E-state index >= 15 is 0 Å². The van der Waals surface area contributed by atoms with E-state index in [0.29, 0.717) is 12.4 Å². The van der Waals surface area contributed by atoms with Crippen LogP contribution in [0.5, 0.6) is 0 Å². The molecule has 0 amide bonds. The molecule has 0 radical (unpaired) electrons. The van der Waals surface area contributed by atoms with E-state index in [0.717, 1.165) is 28.0 Å².